The van der Waals surface area contributed by atoms with Crippen LogP contribution in [0.4, 0.5) is 0 Å². The number of carbonyl (C=O) groups excluding carboxylic acids is 1. The average Bonchev–Trinajstić information content (AvgIpc) is 2.73. The molecular formula is C21H33BrClN3O3S. The monoisotopic (exact) mass is 521 g/mol. The molecule has 6 nitrogen and oxygen atoms in total. The van der Waals surface area contributed by atoms with E-state index in [-0.39, 0.29) is 29.6 Å². The van der Waals surface area contributed by atoms with E-state index in [1.54, 1.807) is 4.31 Å². The summed E-state index contributed by atoms with van der Waals surface area (Å²) in [6, 6.07) is 7.40. The molecule has 0 bridgehead atoms. The van der Waals surface area contributed by atoms with Crippen LogP contribution in [0.3, 0.4) is 0 Å². The smallest absolute Gasteiger partial charge is 0.251 e. The topological polar surface area (TPSA) is 69.7 Å². The highest BCUT2D eigenvalue weighted by atomic mass is 79.9. The van der Waals surface area contributed by atoms with Crippen LogP contribution in [0.25, 0.3) is 0 Å². The summed E-state index contributed by atoms with van der Waals surface area (Å²) in [6.45, 7) is 5.08. The summed E-state index contributed by atoms with van der Waals surface area (Å²) in [6.07, 6.45) is 6.29. The molecule has 1 aromatic rings. The number of benzene rings is 1. The number of hydrogen-bond donors (Lipinski definition) is 1. The fourth-order valence-corrected chi connectivity index (χ4v) is 6.35. The van der Waals surface area contributed by atoms with E-state index in [2.05, 4.69) is 26.1 Å². The number of nitrogens with zero attached hydrogens (tertiary/aromatic N) is 2. The number of nitrogens with one attached hydrogen (secondary N) is 1. The van der Waals surface area contributed by atoms with Gasteiger partial charge in [0.2, 0.25) is 10.0 Å². The Morgan fingerprint density at radius 2 is 1.67 bits per heavy atom. The summed E-state index contributed by atoms with van der Waals surface area (Å²) in [7, 11) is -3.14. The van der Waals surface area contributed by atoms with Crippen LogP contribution >= 0.6 is 28.3 Å². The number of halogens is 2. The van der Waals surface area contributed by atoms with Crippen molar-refractivity contribution in [2.24, 2.45) is 0 Å². The Morgan fingerprint density at radius 1 is 1.07 bits per heavy atom. The lowest BCUT2D eigenvalue weighted by Gasteiger charge is -2.49. The van der Waals surface area contributed by atoms with Gasteiger partial charge in [0.05, 0.1) is 5.75 Å². The van der Waals surface area contributed by atoms with Crippen molar-refractivity contribution in [1.82, 2.24) is 14.5 Å². The highest BCUT2D eigenvalue weighted by Gasteiger charge is 2.40. The summed E-state index contributed by atoms with van der Waals surface area (Å²) >= 11 is 3.40. The van der Waals surface area contributed by atoms with Crippen LogP contribution in [0.15, 0.2) is 28.7 Å². The van der Waals surface area contributed by atoms with Crippen molar-refractivity contribution in [2.75, 3.05) is 38.5 Å². The molecular weight excluding hydrogens is 490 g/mol. The fourth-order valence-electron chi connectivity index (χ4n) is 4.59. The Hall–Kier alpha value is -0.670. The van der Waals surface area contributed by atoms with Crippen LogP contribution in [0.1, 0.15) is 55.8 Å². The molecule has 1 aliphatic carbocycles. The molecule has 1 saturated heterocycles. The molecule has 0 spiro atoms. The zero-order chi connectivity index (χ0) is 20.9. The van der Waals surface area contributed by atoms with Gasteiger partial charge in [-0.2, -0.15) is 4.31 Å². The predicted octanol–water partition coefficient (Wildman–Crippen LogP) is 3.66. The zero-order valence-electron chi connectivity index (χ0n) is 17.6. The van der Waals surface area contributed by atoms with Crippen LogP contribution in [0.2, 0.25) is 0 Å². The molecule has 2 aliphatic rings. The van der Waals surface area contributed by atoms with Gasteiger partial charge in [-0.15, -0.1) is 12.4 Å². The molecule has 9 heteroatoms. The second-order valence-corrected chi connectivity index (χ2v) is 11.2. The van der Waals surface area contributed by atoms with Crippen LogP contribution in [-0.4, -0.2) is 67.5 Å². The zero-order valence-corrected chi connectivity index (χ0v) is 20.8. The molecule has 1 heterocycles. The largest absolute Gasteiger partial charge is 0.350 e. The Bertz CT molecular complexity index is 790. The maximum absolute atomic E-state index is 12.6. The first-order chi connectivity index (χ1) is 13.9. The average molecular weight is 523 g/mol. The number of carbonyl (C=O) groups is 1. The van der Waals surface area contributed by atoms with Gasteiger partial charge in [-0.1, -0.05) is 42.1 Å². The van der Waals surface area contributed by atoms with Crippen molar-refractivity contribution < 1.29 is 13.2 Å². The van der Waals surface area contributed by atoms with Crippen LogP contribution in [0.5, 0.6) is 0 Å². The summed E-state index contributed by atoms with van der Waals surface area (Å²) in [5.74, 6) is 0.174. The molecule has 1 amide bonds. The van der Waals surface area contributed by atoms with Crippen molar-refractivity contribution in [3.63, 3.8) is 0 Å². The fraction of sp³-hybridized carbons (Fsp3) is 0.667. The first kappa shape index (κ1) is 25.6. The van der Waals surface area contributed by atoms with Gasteiger partial charge >= 0.3 is 0 Å². The molecule has 0 aromatic heterocycles. The SMILES string of the molecule is CCCS(=O)(=O)N1CCN(C2(CNC(=O)c3ccc(Br)cc3)CCCCC2)CC1.Cl. The molecule has 170 valence electrons. The predicted molar refractivity (Wildman–Crippen MR) is 127 cm³/mol. The third kappa shape index (κ3) is 6.19. The van der Waals surface area contributed by atoms with E-state index in [4.69, 9.17) is 0 Å². The van der Waals surface area contributed by atoms with Gasteiger partial charge in [0, 0.05) is 48.3 Å². The van der Waals surface area contributed by atoms with Gasteiger partial charge in [-0.25, -0.2) is 8.42 Å². The van der Waals surface area contributed by atoms with E-state index in [1.165, 1.54) is 6.42 Å². The highest BCUT2D eigenvalue weighted by Crippen LogP contribution is 2.34. The lowest BCUT2D eigenvalue weighted by Crippen LogP contribution is -2.62. The third-order valence-corrected chi connectivity index (χ3v) is 8.84. The molecule has 1 aromatic carbocycles. The second-order valence-electron chi connectivity index (χ2n) is 8.18. The maximum Gasteiger partial charge on any atom is 0.251 e. The van der Waals surface area contributed by atoms with Crippen molar-refractivity contribution in [3.05, 3.63) is 34.3 Å². The summed E-state index contributed by atoms with van der Waals surface area (Å²) in [5.41, 5.74) is 0.596. The number of hydrogen-bond acceptors (Lipinski definition) is 4. The van der Waals surface area contributed by atoms with Crippen LogP contribution in [-0.2, 0) is 10.0 Å². The lowest BCUT2D eigenvalue weighted by molar-refractivity contribution is 0.0240. The summed E-state index contributed by atoms with van der Waals surface area (Å²) in [4.78, 5) is 15.1. The van der Waals surface area contributed by atoms with E-state index in [0.717, 1.165) is 43.2 Å². The van der Waals surface area contributed by atoms with Crippen molar-refractivity contribution in [2.45, 2.75) is 51.0 Å². The van der Waals surface area contributed by atoms with Crippen molar-refractivity contribution >= 4 is 44.3 Å². The molecule has 0 unspecified atom stereocenters. The van der Waals surface area contributed by atoms with Crippen molar-refractivity contribution in [3.8, 4) is 0 Å². The quantitative estimate of drug-likeness (QED) is 0.593. The Balaban J connectivity index is 0.00000320. The molecule has 0 radical (unpaired) electrons. The van der Waals surface area contributed by atoms with E-state index in [9.17, 15) is 13.2 Å². The van der Waals surface area contributed by atoms with Gasteiger partial charge in [0.25, 0.3) is 5.91 Å². The molecule has 0 atom stereocenters. The summed E-state index contributed by atoms with van der Waals surface area (Å²) < 4.78 is 27.4. The van der Waals surface area contributed by atoms with Crippen LogP contribution < -0.4 is 5.32 Å². The first-order valence-electron chi connectivity index (χ1n) is 10.6. The Morgan fingerprint density at radius 3 is 2.23 bits per heavy atom. The lowest BCUT2D eigenvalue weighted by atomic mass is 9.79. The molecule has 1 aliphatic heterocycles. The third-order valence-electron chi connectivity index (χ3n) is 6.23. The van der Waals surface area contributed by atoms with Gasteiger partial charge in [0.15, 0.2) is 0 Å². The number of amides is 1. The molecule has 1 saturated carbocycles. The molecule has 3 rings (SSSR count). The Labute approximate surface area is 195 Å². The highest BCUT2D eigenvalue weighted by molar-refractivity contribution is 9.10. The molecule has 2 fully saturated rings. The molecule has 1 N–H and O–H groups in total. The van der Waals surface area contributed by atoms with Gasteiger partial charge < -0.3 is 5.32 Å². The Kier molecular flexibility index (Phi) is 9.61. The van der Waals surface area contributed by atoms with E-state index in [1.807, 2.05) is 31.2 Å². The van der Waals surface area contributed by atoms with Gasteiger partial charge in [-0.05, 0) is 43.5 Å². The standard InChI is InChI=1S/C21H32BrN3O3S.ClH/c1-2-16-29(27,28)25-14-12-24(13-15-25)21(10-4-3-5-11-21)17-23-20(26)18-6-8-19(22)9-7-18;/h6-9H,2-5,10-17H2,1H3,(H,23,26);1H. The number of sulfonamides is 1. The van der Waals surface area contributed by atoms with E-state index < -0.39 is 10.0 Å². The number of piperazine rings is 1. The van der Waals surface area contributed by atoms with E-state index >= 15 is 0 Å². The first-order valence-corrected chi connectivity index (χ1v) is 13.0. The minimum Gasteiger partial charge on any atom is -0.350 e. The van der Waals surface area contributed by atoms with Gasteiger partial charge in [-0.3, -0.25) is 9.69 Å². The van der Waals surface area contributed by atoms with E-state index in [0.29, 0.717) is 31.6 Å². The van der Waals surface area contributed by atoms with Crippen LogP contribution in [0, 0.1) is 0 Å². The minimum atomic E-state index is -3.14. The second kappa shape index (κ2) is 11.3. The number of rotatable bonds is 7. The van der Waals surface area contributed by atoms with Crippen molar-refractivity contribution in [1.29, 1.82) is 0 Å². The molecule has 30 heavy (non-hydrogen) atoms. The summed E-state index contributed by atoms with van der Waals surface area (Å²) in [5, 5.41) is 3.16. The minimum absolute atomic E-state index is 0. The maximum atomic E-state index is 12.6. The van der Waals surface area contributed by atoms with Gasteiger partial charge in [0.1, 0.15) is 0 Å². The normalized spacial score (nSPS) is 20.3.